The van der Waals surface area contributed by atoms with E-state index in [4.69, 9.17) is 14.1 Å². The number of benzene rings is 6. The van der Waals surface area contributed by atoms with Gasteiger partial charge in [-0.1, -0.05) is 92.4 Å². The molecule has 9 aromatic rings. The third kappa shape index (κ3) is 9.65. The molecule has 0 aliphatic heterocycles. The largest absolute Gasteiger partial charge is 0 e. The van der Waals surface area contributed by atoms with Crippen molar-refractivity contribution in [3.63, 3.8) is 0 Å². The fraction of sp³-hybridized carbons (Fsp3) is 0.276. The maximum absolute atomic E-state index is 7.53. The van der Waals surface area contributed by atoms with Gasteiger partial charge in [0.2, 0.25) is 0 Å². The molecule has 3 aromatic heterocycles. The molecule has 6 heteroatoms. The second-order valence-corrected chi connectivity index (χ2v) is 31.1. The molecule has 0 saturated heterocycles. The van der Waals surface area contributed by atoms with E-state index in [2.05, 4.69) is 171 Å². The van der Waals surface area contributed by atoms with Gasteiger partial charge in [-0.25, -0.2) is 0 Å². The van der Waals surface area contributed by atoms with Crippen molar-refractivity contribution in [2.75, 3.05) is 0 Å². The van der Waals surface area contributed by atoms with Crippen LogP contribution in [0.25, 0.3) is 70.7 Å². The van der Waals surface area contributed by atoms with Gasteiger partial charge in [-0.15, -0.1) is 18.2 Å². The summed E-state index contributed by atoms with van der Waals surface area (Å²) in [6.07, 6.45) is 10.0. The van der Waals surface area contributed by atoms with Crippen LogP contribution in [0.1, 0.15) is 79.2 Å². The third-order valence-electron chi connectivity index (χ3n) is 12.7. The van der Waals surface area contributed by atoms with Crippen LogP contribution in [0.15, 0.2) is 134 Å². The number of nitrogens with zero attached hydrogens (tertiary/aromatic N) is 3. The first-order valence-electron chi connectivity index (χ1n) is 24.1. The zero-order valence-electron chi connectivity index (χ0n) is 41.1. The fourth-order valence-corrected chi connectivity index (χ4v) is 13.9. The quantitative estimate of drug-likeness (QED) is 0.118. The molecule has 327 valence electrons. The first kappa shape index (κ1) is 42.0. The number of hydrogen-bond donors (Lipinski definition) is 0. The average Bonchev–Trinajstić information content (AvgIpc) is 3.87. The first-order valence-corrected chi connectivity index (χ1v) is 30.7. The number of pyridine rings is 1. The number of imidazole rings is 1. The van der Waals surface area contributed by atoms with Crippen molar-refractivity contribution in [2.24, 2.45) is 5.92 Å². The van der Waals surface area contributed by atoms with Crippen molar-refractivity contribution >= 4 is 60.2 Å². The Morgan fingerprint density at radius 2 is 1.58 bits per heavy atom. The van der Waals surface area contributed by atoms with Crippen LogP contribution in [-0.2, 0) is 31.9 Å². The van der Waals surface area contributed by atoms with E-state index in [1.807, 2.05) is 23.5 Å². The topological polar surface area (TPSA) is 30.7 Å². The van der Waals surface area contributed by atoms with Crippen molar-refractivity contribution in [1.29, 1.82) is 0 Å². The van der Waals surface area contributed by atoms with Gasteiger partial charge in [0, 0.05) is 36.1 Å². The van der Waals surface area contributed by atoms with Crippen LogP contribution in [0.2, 0.25) is 17.3 Å². The summed E-state index contributed by atoms with van der Waals surface area (Å²) in [7, 11) is 0. The molecule has 6 aromatic carbocycles. The predicted molar refractivity (Wildman–Crippen MR) is 274 cm³/mol. The van der Waals surface area contributed by atoms with Gasteiger partial charge in [0.15, 0.2) is 0 Å². The van der Waals surface area contributed by atoms with E-state index >= 15 is 0 Å². The zero-order chi connectivity index (χ0) is 46.4. The average molecular weight is 1100 g/mol. The molecular formula is C58H59GeIrN3S-2. The molecule has 0 amide bonds. The van der Waals surface area contributed by atoms with E-state index in [0.29, 0.717) is 5.56 Å². The first-order chi connectivity index (χ1) is 31.5. The molecule has 0 unspecified atom stereocenters. The van der Waals surface area contributed by atoms with Crippen LogP contribution >= 0.6 is 11.3 Å². The Kier molecular flexibility index (Phi) is 12.5. The molecule has 1 saturated carbocycles. The summed E-state index contributed by atoms with van der Waals surface area (Å²) >= 11 is -0.169. The van der Waals surface area contributed by atoms with Crippen LogP contribution < -0.4 is 4.40 Å². The molecule has 1 fully saturated rings. The molecule has 0 spiro atoms. The predicted octanol–water partition coefficient (Wildman–Crippen LogP) is 15.7. The van der Waals surface area contributed by atoms with Crippen LogP contribution in [-0.4, -0.2) is 27.8 Å². The van der Waals surface area contributed by atoms with E-state index < -0.39 is 20.1 Å². The molecule has 0 atom stereocenters. The Morgan fingerprint density at radius 1 is 0.812 bits per heavy atom. The normalized spacial score (nSPS) is 14.4. The van der Waals surface area contributed by atoms with Gasteiger partial charge in [-0.2, -0.15) is 11.3 Å². The Labute approximate surface area is 405 Å². The van der Waals surface area contributed by atoms with Gasteiger partial charge in [0.1, 0.15) is 0 Å². The molecule has 3 nitrogen and oxygen atoms in total. The maximum Gasteiger partial charge on any atom is 0 e. The Morgan fingerprint density at radius 3 is 2.31 bits per heavy atom. The molecule has 0 bridgehead atoms. The van der Waals surface area contributed by atoms with Crippen molar-refractivity contribution < 1.29 is 24.2 Å². The Hall–Kier alpha value is -4.65. The van der Waals surface area contributed by atoms with Gasteiger partial charge in [-0.05, 0) is 69.4 Å². The minimum atomic E-state index is -2.09. The van der Waals surface area contributed by atoms with E-state index in [-0.39, 0.29) is 25.5 Å². The minimum absolute atomic E-state index is 0. The van der Waals surface area contributed by atoms with Gasteiger partial charge in [0.05, 0.1) is 16.9 Å². The Bertz CT molecular complexity index is 3170. The SMILES string of the molecule is Cc1ccc2c(c1)sc1c(-c3nc4ccccc4n3-c3ccc(C(C)(C)C)cc3-c3ccccc3)[c-]ccc12.[2H]C([2H])([2H])c1c[c-]c(-c2cc(CC3CCCCC3)[c]([Ge]([CH3])([CH3])[CH3])cn2)cc1.[Ir]. The van der Waals surface area contributed by atoms with E-state index in [9.17, 15) is 0 Å². The van der Waals surface area contributed by atoms with Gasteiger partial charge in [-0.3, -0.25) is 4.98 Å². The summed E-state index contributed by atoms with van der Waals surface area (Å²) in [5, 5.41) is 2.55. The molecule has 64 heavy (non-hydrogen) atoms. The van der Waals surface area contributed by atoms with Crippen molar-refractivity contribution in [1.82, 2.24) is 14.5 Å². The number of para-hydroxylation sites is 2. The number of thiophene rings is 1. The van der Waals surface area contributed by atoms with E-state index in [1.165, 1.54) is 84.5 Å². The van der Waals surface area contributed by atoms with Gasteiger partial charge < -0.3 is 4.57 Å². The summed E-state index contributed by atoms with van der Waals surface area (Å²) in [6, 6.07) is 51.1. The standard InChI is InChI=1S/C36H29N2S.C22H30GeN.Ir/c1-23-17-19-26-27-13-10-14-28(34(27)39-33(26)21-23)35-37-30-15-8-9-16-32(30)38(35)31-20-18-25(36(2,3)4)22-29(31)24-11-6-5-7-12-24;1-17-10-12-19(13-11-17)22-15-20(14-18-8-6-5-7-9-18)21(16-24-22)23(2,3)4;/h5-13,15-22H,1-4H3;10-12,15-16,18H,5-9,14H2,1-4H3;/q2*-1;/i;1D3;. The molecule has 3 heterocycles. The molecule has 0 N–H and O–H groups in total. The molecular weight excluding hydrogens is 1040 g/mol. The molecule has 1 aliphatic rings. The molecule has 1 radical (unpaired) electrons. The van der Waals surface area contributed by atoms with Gasteiger partial charge >= 0.3 is 154 Å². The summed E-state index contributed by atoms with van der Waals surface area (Å²) in [5.74, 6) is 9.00. The smallest absolute Gasteiger partial charge is 0 e. The summed E-state index contributed by atoms with van der Waals surface area (Å²) in [5.41, 5.74) is 12.8. The summed E-state index contributed by atoms with van der Waals surface area (Å²) < 4.78 is 28.9. The number of hydrogen-bond acceptors (Lipinski definition) is 3. The zero-order valence-corrected chi connectivity index (χ0v) is 43.4. The molecule has 1 aliphatic carbocycles. The van der Waals surface area contributed by atoms with E-state index in [0.717, 1.165) is 51.7 Å². The molecule has 10 rings (SSSR count). The second-order valence-electron chi connectivity index (χ2n) is 19.5. The van der Waals surface area contributed by atoms with Crippen molar-refractivity contribution in [2.45, 2.75) is 95.8 Å². The second kappa shape index (κ2) is 19.1. The number of fused-ring (bicyclic) bond motifs is 4. The van der Waals surface area contributed by atoms with Crippen LogP contribution in [0.5, 0.6) is 0 Å². The van der Waals surface area contributed by atoms with E-state index in [1.54, 1.807) is 12.1 Å². The summed E-state index contributed by atoms with van der Waals surface area (Å²) in [6.45, 7) is 6.88. The van der Waals surface area contributed by atoms with Crippen LogP contribution in [0.3, 0.4) is 0 Å². The third-order valence-corrected chi connectivity index (χ3v) is 18.2. The van der Waals surface area contributed by atoms with Crippen LogP contribution in [0.4, 0.5) is 0 Å². The van der Waals surface area contributed by atoms with Crippen molar-refractivity contribution in [3.05, 3.63) is 168 Å². The maximum atomic E-state index is 7.53. The summed E-state index contributed by atoms with van der Waals surface area (Å²) in [4.78, 5) is 9.98. The van der Waals surface area contributed by atoms with Crippen LogP contribution in [0, 0.1) is 31.8 Å². The monoisotopic (exact) mass is 1100 g/mol. The number of aromatic nitrogens is 3. The number of rotatable bonds is 7. The Balaban J connectivity index is 0.000000192. The fourth-order valence-electron chi connectivity index (χ4n) is 9.27. The van der Waals surface area contributed by atoms with Crippen molar-refractivity contribution in [3.8, 4) is 39.5 Å². The minimum Gasteiger partial charge on any atom is 0 e. The van der Waals surface area contributed by atoms with Gasteiger partial charge in [0.25, 0.3) is 0 Å². The number of aryl methyl sites for hydroxylation is 2.